The molecule has 0 aliphatic rings. The molecule has 0 aliphatic carbocycles. The molecule has 0 saturated heterocycles. The van der Waals surface area contributed by atoms with E-state index in [1.54, 1.807) is 6.92 Å². The molecule has 0 aliphatic heterocycles. The number of rotatable bonds is 6. The maximum Gasteiger partial charge on any atom is 0.322 e. The van der Waals surface area contributed by atoms with Crippen molar-refractivity contribution in [3.05, 3.63) is 0 Å². The zero-order valence-corrected chi connectivity index (χ0v) is 9.80. The summed E-state index contributed by atoms with van der Waals surface area (Å²) in [4.78, 5) is 11.0. The Morgan fingerprint density at radius 3 is 2.50 bits per heavy atom. The molecule has 0 bridgehead atoms. The van der Waals surface area contributed by atoms with E-state index < -0.39 is 6.04 Å². The van der Waals surface area contributed by atoms with Gasteiger partial charge in [0, 0.05) is 0 Å². The highest BCUT2D eigenvalue weighted by Crippen LogP contribution is 2.25. The van der Waals surface area contributed by atoms with Gasteiger partial charge >= 0.3 is 5.97 Å². The fraction of sp³-hybridized carbons (Fsp3) is 0.909. The van der Waals surface area contributed by atoms with E-state index in [9.17, 15) is 4.79 Å². The van der Waals surface area contributed by atoms with Crippen molar-refractivity contribution < 1.29 is 9.53 Å². The molecular formula is C11H23NO2. The molecule has 0 aromatic rings. The molecule has 0 aromatic carbocycles. The Balaban J connectivity index is 3.52. The van der Waals surface area contributed by atoms with Crippen molar-refractivity contribution in [2.75, 3.05) is 6.61 Å². The number of hydrogen-bond donors (Lipinski definition) is 1. The van der Waals surface area contributed by atoms with Gasteiger partial charge in [0.05, 0.1) is 6.61 Å². The molecule has 0 aromatic heterocycles. The van der Waals surface area contributed by atoms with Crippen molar-refractivity contribution in [2.45, 2.75) is 53.0 Å². The monoisotopic (exact) mass is 201 g/mol. The molecule has 0 radical (unpaired) electrons. The first-order chi connectivity index (χ1) is 6.39. The predicted molar refractivity (Wildman–Crippen MR) is 57.9 cm³/mol. The van der Waals surface area contributed by atoms with E-state index in [0.717, 1.165) is 19.3 Å². The minimum Gasteiger partial charge on any atom is -0.465 e. The molecule has 2 N–H and O–H groups in total. The average Bonchev–Trinajstić information content (AvgIpc) is 2.12. The van der Waals surface area contributed by atoms with Crippen molar-refractivity contribution in [3.8, 4) is 0 Å². The fourth-order valence-electron chi connectivity index (χ4n) is 1.03. The second-order valence-electron chi connectivity index (χ2n) is 4.58. The molecule has 0 fully saturated rings. The van der Waals surface area contributed by atoms with E-state index in [-0.39, 0.29) is 5.97 Å². The van der Waals surface area contributed by atoms with Crippen LogP contribution in [-0.2, 0) is 9.53 Å². The smallest absolute Gasteiger partial charge is 0.322 e. The summed E-state index contributed by atoms with van der Waals surface area (Å²) < 4.78 is 4.98. The highest BCUT2D eigenvalue weighted by atomic mass is 16.5. The van der Waals surface area contributed by atoms with Crippen LogP contribution in [0.25, 0.3) is 0 Å². The van der Waals surface area contributed by atoms with E-state index in [1.807, 2.05) is 0 Å². The first kappa shape index (κ1) is 13.4. The number of carbonyl (C=O) groups excluding carboxylic acids is 1. The van der Waals surface area contributed by atoms with E-state index in [0.29, 0.717) is 12.0 Å². The maximum atomic E-state index is 11.0. The van der Waals surface area contributed by atoms with Crippen LogP contribution in [0, 0.1) is 5.41 Å². The summed E-state index contributed by atoms with van der Waals surface area (Å²) in [7, 11) is 0. The lowest BCUT2D eigenvalue weighted by atomic mass is 9.85. The predicted octanol–water partition coefficient (Wildman–Crippen LogP) is 2.09. The number of nitrogens with two attached hydrogens (primary N) is 1. The van der Waals surface area contributed by atoms with E-state index in [2.05, 4.69) is 20.8 Å². The first-order valence-corrected chi connectivity index (χ1v) is 5.31. The summed E-state index contributed by atoms with van der Waals surface area (Å²) in [6.45, 7) is 8.75. The molecule has 0 saturated carbocycles. The van der Waals surface area contributed by atoms with Gasteiger partial charge in [0.15, 0.2) is 0 Å². The second kappa shape index (κ2) is 6.02. The first-order valence-electron chi connectivity index (χ1n) is 5.31. The molecule has 0 amide bonds. The van der Waals surface area contributed by atoms with Crippen LogP contribution in [0.3, 0.4) is 0 Å². The third-order valence-electron chi connectivity index (χ3n) is 2.57. The van der Waals surface area contributed by atoms with Crippen molar-refractivity contribution >= 4 is 5.97 Å². The molecule has 0 heterocycles. The summed E-state index contributed by atoms with van der Waals surface area (Å²) in [5.74, 6) is -0.306. The molecular weight excluding hydrogens is 178 g/mol. The third-order valence-corrected chi connectivity index (χ3v) is 2.57. The zero-order chi connectivity index (χ0) is 11.2. The van der Waals surface area contributed by atoms with Gasteiger partial charge in [0.2, 0.25) is 0 Å². The van der Waals surface area contributed by atoms with Gasteiger partial charge in [-0.3, -0.25) is 4.79 Å². The van der Waals surface area contributed by atoms with Crippen molar-refractivity contribution in [1.82, 2.24) is 0 Å². The van der Waals surface area contributed by atoms with Gasteiger partial charge in [-0.2, -0.15) is 0 Å². The van der Waals surface area contributed by atoms with Crippen LogP contribution in [0.5, 0.6) is 0 Å². The Morgan fingerprint density at radius 1 is 1.50 bits per heavy atom. The standard InChI is InChI=1S/C11H23NO2/c1-5-11(3,4)7-6-8-14-10(13)9(2)12/h9H,5-8,12H2,1-4H3. The number of hydrogen-bond acceptors (Lipinski definition) is 3. The van der Waals surface area contributed by atoms with Crippen LogP contribution in [0.4, 0.5) is 0 Å². The normalized spacial score (nSPS) is 13.8. The van der Waals surface area contributed by atoms with Gasteiger partial charge in [0.25, 0.3) is 0 Å². The van der Waals surface area contributed by atoms with Crippen LogP contribution in [-0.4, -0.2) is 18.6 Å². The molecule has 1 unspecified atom stereocenters. The lowest BCUT2D eigenvalue weighted by Crippen LogP contribution is -2.29. The van der Waals surface area contributed by atoms with Crippen LogP contribution >= 0.6 is 0 Å². The van der Waals surface area contributed by atoms with Crippen LogP contribution < -0.4 is 5.73 Å². The number of esters is 1. The summed E-state index contributed by atoms with van der Waals surface area (Å²) >= 11 is 0. The second-order valence-corrected chi connectivity index (χ2v) is 4.58. The Hall–Kier alpha value is -0.570. The molecule has 3 heteroatoms. The van der Waals surface area contributed by atoms with Crippen LogP contribution in [0.2, 0.25) is 0 Å². The number of carbonyl (C=O) groups is 1. The Kier molecular flexibility index (Phi) is 5.77. The molecule has 3 nitrogen and oxygen atoms in total. The molecule has 0 spiro atoms. The molecule has 1 atom stereocenters. The average molecular weight is 201 g/mol. The quantitative estimate of drug-likeness (QED) is 0.529. The lowest BCUT2D eigenvalue weighted by Gasteiger charge is -2.22. The Morgan fingerprint density at radius 2 is 2.07 bits per heavy atom. The topological polar surface area (TPSA) is 52.3 Å². The fourth-order valence-corrected chi connectivity index (χ4v) is 1.03. The van der Waals surface area contributed by atoms with E-state index in [1.165, 1.54) is 0 Å². The summed E-state index contributed by atoms with van der Waals surface area (Å²) in [6, 6.07) is -0.505. The SMILES string of the molecule is CCC(C)(C)CCCOC(=O)C(C)N. The maximum absolute atomic E-state index is 11.0. The van der Waals surface area contributed by atoms with E-state index >= 15 is 0 Å². The van der Waals surface area contributed by atoms with Gasteiger partial charge in [-0.05, 0) is 25.2 Å². The summed E-state index contributed by atoms with van der Waals surface area (Å²) in [6.07, 6.45) is 3.14. The third kappa shape index (κ3) is 5.97. The molecule has 84 valence electrons. The molecule has 0 rings (SSSR count). The van der Waals surface area contributed by atoms with Gasteiger partial charge in [0.1, 0.15) is 6.04 Å². The number of ether oxygens (including phenoxy) is 1. The minimum absolute atomic E-state index is 0.306. The minimum atomic E-state index is -0.505. The van der Waals surface area contributed by atoms with Crippen molar-refractivity contribution in [2.24, 2.45) is 11.1 Å². The van der Waals surface area contributed by atoms with Crippen LogP contribution in [0.15, 0.2) is 0 Å². The van der Waals surface area contributed by atoms with Gasteiger partial charge in [-0.15, -0.1) is 0 Å². The Labute approximate surface area is 87.0 Å². The Bertz CT molecular complexity index is 176. The summed E-state index contributed by atoms with van der Waals surface area (Å²) in [5, 5.41) is 0. The van der Waals surface area contributed by atoms with Gasteiger partial charge in [-0.1, -0.05) is 27.2 Å². The summed E-state index contributed by atoms with van der Waals surface area (Å²) in [5.41, 5.74) is 5.70. The highest BCUT2D eigenvalue weighted by molar-refractivity contribution is 5.74. The van der Waals surface area contributed by atoms with Crippen molar-refractivity contribution in [3.63, 3.8) is 0 Å². The zero-order valence-electron chi connectivity index (χ0n) is 9.80. The highest BCUT2D eigenvalue weighted by Gasteiger charge is 2.15. The molecule has 14 heavy (non-hydrogen) atoms. The largest absolute Gasteiger partial charge is 0.465 e. The van der Waals surface area contributed by atoms with Crippen LogP contribution in [0.1, 0.15) is 47.0 Å². The van der Waals surface area contributed by atoms with E-state index in [4.69, 9.17) is 10.5 Å². The van der Waals surface area contributed by atoms with Crippen molar-refractivity contribution in [1.29, 1.82) is 0 Å². The van der Waals surface area contributed by atoms with Gasteiger partial charge < -0.3 is 10.5 Å². The van der Waals surface area contributed by atoms with Gasteiger partial charge in [-0.25, -0.2) is 0 Å². The lowest BCUT2D eigenvalue weighted by molar-refractivity contribution is -0.145.